The highest BCUT2D eigenvalue weighted by atomic mass is 32.2. The van der Waals surface area contributed by atoms with Crippen LogP contribution in [0.15, 0.2) is 78.0 Å². The maximum Gasteiger partial charge on any atom is 0.261 e. The van der Waals surface area contributed by atoms with Gasteiger partial charge in [-0.15, -0.1) is 0 Å². The zero-order valence-electron chi connectivity index (χ0n) is 14.4. The summed E-state index contributed by atoms with van der Waals surface area (Å²) in [5.74, 6) is 0.0764. The molecule has 8 heteroatoms. The van der Waals surface area contributed by atoms with Gasteiger partial charge in [-0.3, -0.25) is 14.5 Å². The number of carbonyl (C=O) groups excluding carboxylic acids is 1. The Morgan fingerprint density at radius 1 is 1.00 bits per heavy atom. The van der Waals surface area contributed by atoms with Crippen LogP contribution in [0.4, 0.5) is 11.4 Å². The van der Waals surface area contributed by atoms with Crippen molar-refractivity contribution >= 4 is 27.3 Å². The van der Waals surface area contributed by atoms with Gasteiger partial charge < -0.3 is 10.1 Å². The van der Waals surface area contributed by atoms with E-state index in [1.165, 1.54) is 37.7 Å². The molecule has 7 nitrogen and oxygen atoms in total. The normalized spacial score (nSPS) is 10.9. The molecule has 0 saturated heterocycles. The van der Waals surface area contributed by atoms with E-state index in [9.17, 15) is 13.2 Å². The number of para-hydroxylation sites is 2. The summed E-state index contributed by atoms with van der Waals surface area (Å²) >= 11 is 0. The fourth-order valence-electron chi connectivity index (χ4n) is 2.38. The van der Waals surface area contributed by atoms with Gasteiger partial charge in [0.2, 0.25) is 0 Å². The zero-order chi connectivity index (χ0) is 19.3. The van der Waals surface area contributed by atoms with E-state index in [0.29, 0.717) is 11.4 Å². The molecule has 138 valence electrons. The molecule has 2 N–H and O–H groups in total. The lowest BCUT2D eigenvalue weighted by Gasteiger charge is -2.11. The van der Waals surface area contributed by atoms with Crippen LogP contribution in [0.3, 0.4) is 0 Å². The summed E-state index contributed by atoms with van der Waals surface area (Å²) < 4.78 is 32.4. The van der Waals surface area contributed by atoms with Crippen LogP contribution in [-0.4, -0.2) is 26.4 Å². The molecule has 3 rings (SSSR count). The quantitative estimate of drug-likeness (QED) is 0.681. The van der Waals surface area contributed by atoms with Gasteiger partial charge in [-0.25, -0.2) is 8.42 Å². The molecule has 0 aliphatic carbocycles. The first-order valence-electron chi connectivity index (χ1n) is 7.97. The molecule has 0 saturated carbocycles. The van der Waals surface area contributed by atoms with Gasteiger partial charge in [-0.05, 0) is 30.3 Å². The number of ether oxygens (including phenoxy) is 1. The van der Waals surface area contributed by atoms with Gasteiger partial charge in [0.25, 0.3) is 15.9 Å². The second-order valence-corrected chi connectivity index (χ2v) is 7.22. The van der Waals surface area contributed by atoms with Crippen LogP contribution in [0, 0.1) is 0 Å². The molecule has 0 radical (unpaired) electrons. The van der Waals surface area contributed by atoms with E-state index >= 15 is 0 Å². The molecule has 0 bridgehead atoms. The second-order valence-electron chi connectivity index (χ2n) is 5.54. The van der Waals surface area contributed by atoms with Crippen LogP contribution >= 0.6 is 0 Å². The zero-order valence-corrected chi connectivity index (χ0v) is 15.2. The number of hydrogen-bond acceptors (Lipinski definition) is 5. The number of rotatable bonds is 6. The molecule has 1 amide bonds. The highest BCUT2D eigenvalue weighted by Crippen LogP contribution is 2.24. The molecule has 1 heterocycles. The summed E-state index contributed by atoms with van der Waals surface area (Å²) in [6.07, 6.45) is 2.69. The molecule has 0 unspecified atom stereocenters. The van der Waals surface area contributed by atoms with E-state index in [1.54, 1.807) is 42.5 Å². The number of anilines is 2. The number of hydrogen-bond donors (Lipinski definition) is 2. The maximum absolute atomic E-state index is 12.5. The SMILES string of the molecule is COc1ccccc1NC(=O)c1cncc(NS(=O)(=O)c2ccccc2)c1. The van der Waals surface area contributed by atoms with E-state index in [0.717, 1.165) is 0 Å². The number of carbonyl (C=O) groups is 1. The summed E-state index contributed by atoms with van der Waals surface area (Å²) in [6.45, 7) is 0. The summed E-state index contributed by atoms with van der Waals surface area (Å²) in [5.41, 5.74) is 0.890. The van der Waals surface area contributed by atoms with Gasteiger partial charge in [0.1, 0.15) is 5.75 Å². The van der Waals surface area contributed by atoms with Gasteiger partial charge in [0, 0.05) is 6.20 Å². The van der Waals surface area contributed by atoms with Crippen molar-refractivity contribution in [3.63, 3.8) is 0 Å². The lowest BCUT2D eigenvalue weighted by Crippen LogP contribution is -2.16. The summed E-state index contributed by atoms with van der Waals surface area (Å²) in [7, 11) is -2.26. The topological polar surface area (TPSA) is 97.4 Å². The van der Waals surface area contributed by atoms with E-state index in [4.69, 9.17) is 4.74 Å². The number of methoxy groups -OCH3 is 1. The molecule has 1 aromatic heterocycles. The molecule has 3 aromatic rings. The van der Waals surface area contributed by atoms with Crippen LogP contribution in [0.25, 0.3) is 0 Å². The monoisotopic (exact) mass is 383 g/mol. The number of sulfonamides is 1. The Kier molecular flexibility index (Phi) is 5.37. The Morgan fingerprint density at radius 2 is 1.70 bits per heavy atom. The Bertz CT molecular complexity index is 1050. The van der Waals surface area contributed by atoms with Crippen LogP contribution in [-0.2, 0) is 10.0 Å². The van der Waals surface area contributed by atoms with Gasteiger partial charge in [0.05, 0.1) is 35.1 Å². The lowest BCUT2D eigenvalue weighted by molar-refractivity contribution is 0.102. The molecular formula is C19H17N3O4S. The molecule has 0 aliphatic rings. The van der Waals surface area contributed by atoms with Gasteiger partial charge >= 0.3 is 0 Å². The molecular weight excluding hydrogens is 366 g/mol. The summed E-state index contributed by atoms with van der Waals surface area (Å²) in [6, 6.07) is 16.3. The number of amides is 1. The third-order valence-electron chi connectivity index (χ3n) is 3.66. The summed E-state index contributed by atoms with van der Waals surface area (Å²) in [5, 5.41) is 2.72. The van der Waals surface area contributed by atoms with Crippen LogP contribution in [0.1, 0.15) is 10.4 Å². The van der Waals surface area contributed by atoms with E-state index < -0.39 is 15.9 Å². The number of nitrogens with zero attached hydrogens (tertiary/aromatic N) is 1. The Labute approximate surface area is 157 Å². The minimum Gasteiger partial charge on any atom is -0.495 e. The smallest absolute Gasteiger partial charge is 0.261 e. The summed E-state index contributed by atoms with van der Waals surface area (Å²) in [4.78, 5) is 16.6. The highest BCUT2D eigenvalue weighted by molar-refractivity contribution is 7.92. The predicted octanol–water partition coefficient (Wildman–Crippen LogP) is 3.14. The molecule has 0 aliphatic heterocycles. The number of aromatic nitrogens is 1. The van der Waals surface area contributed by atoms with E-state index in [-0.39, 0.29) is 16.1 Å². The minimum atomic E-state index is -3.77. The molecule has 2 aromatic carbocycles. The number of pyridine rings is 1. The van der Waals surface area contributed by atoms with E-state index in [2.05, 4.69) is 15.0 Å². The third kappa shape index (κ3) is 4.42. The van der Waals surface area contributed by atoms with Crippen molar-refractivity contribution in [1.82, 2.24) is 4.98 Å². The van der Waals surface area contributed by atoms with Crippen LogP contribution in [0.5, 0.6) is 5.75 Å². The largest absolute Gasteiger partial charge is 0.495 e. The third-order valence-corrected chi connectivity index (χ3v) is 5.06. The second kappa shape index (κ2) is 7.88. The van der Waals surface area contributed by atoms with E-state index in [1.807, 2.05) is 0 Å². The lowest BCUT2D eigenvalue weighted by atomic mass is 10.2. The average molecular weight is 383 g/mol. The van der Waals surface area contributed by atoms with Crippen LogP contribution < -0.4 is 14.8 Å². The maximum atomic E-state index is 12.5. The van der Waals surface area contributed by atoms with Crippen molar-refractivity contribution < 1.29 is 17.9 Å². The molecule has 0 fully saturated rings. The first-order chi connectivity index (χ1) is 13.0. The average Bonchev–Trinajstić information content (AvgIpc) is 2.69. The first kappa shape index (κ1) is 18.4. The van der Waals surface area contributed by atoms with Crippen molar-refractivity contribution in [1.29, 1.82) is 0 Å². The van der Waals surface area contributed by atoms with Crippen LogP contribution in [0.2, 0.25) is 0 Å². The predicted molar refractivity (Wildman–Crippen MR) is 102 cm³/mol. The van der Waals surface area contributed by atoms with Crippen molar-refractivity contribution in [2.45, 2.75) is 4.90 Å². The number of benzene rings is 2. The van der Waals surface area contributed by atoms with Crippen molar-refractivity contribution in [2.75, 3.05) is 17.1 Å². The fraction of sp³-hybridized carbons (Fsp3) is 0.0526. The number of nitrogens with one attached hydrogen (secondary N) is 2. The van der Waals surface area contributed by atoms with Crippen molar-refractivity contribution in [3.8, 4) is 5.75 Å². The fourth-order valence-corrected chi connectivity index (χ4v) is 3.43. The molecule has 27 heavy (non-hydrogen) atoms. The Hall–Kier alpha value is -3.39. The standard InChI is InChI=1S/C19H17N3O4S/c1-26-18-10-6-5-9-17(18)21-19(23)14-11-15(13-20-12-14)22-27(24,25)16-7-3-2-4-8-16/h2-13,22H,1H3,(H,21,23). The minimum absolute atomic E-state index is 0.119. The van der Waals surface area contributed by atoms with Gasteiger partial charge in [-0.2, -0.15) is 0 Å². The Morgan fingerprint density at radius 3 is 2.44 bits per heavy atom. The van der Waals surface area contributed by atoms with Crippen molar-refractivity contribution in [3.05, 3.63) is 78.6 Å². The first-order valence-corrected chi connectivity index (χ1v) is 9.45. The highest BCUT2D eigenvalue weighted by Gasteiger charge is 2.15. The molecule has 0 spiro atoms. The van der Waals surface area contributed by atoms with Gasteiger partial charge in [-0.1, -0.05) is 30.3 Å². The Balaban J connectivity index is 1.80. The van der Waals surface area contributed by atoms with Crippen molar-refractivity contribution in [2.24, 2.45) is 0 Å². The van der Waals surface area contributed by atoms with Gasteiger partial charge in [0.15, 0.2) is 0 Å². The molecule has 0 atom stereocenters.